The van der Waals surface area contributed by atoms with Gasteiger partial charge in [0.25, 0.3) is 5.91 Å². The first-order chi connectivity index (χ1) is 11.7. The Bertz CT molecular complexity index is 612. The predicted octanol–water partition coefficient (Wildman–Crippen LogP) is 0.859. The molecule has 0 spiro atoms. The normalized spacial score (nSPS) is 18.0. The highest BCUT2D eigenvalue weighted by atomic mass is 16.6. The van der Waals surface area contributed by atoms with Crippen LogP contribution in [0.2, 0.25) is 0 Å². The molecule has 0 saturated carbocycles. The molecule has 0 bridgehead atoms. The summed E-state index contributed by atoms with van der Waals surface area (Å²) in [6.07, 6.45) is 1.23. The number of nitrogens with zero attached hydrogens (tertiary/aromatic N) is 3. The third-order valence-electron chi connectivity index (χ3n) is 3.88. The van der Waals surface area contributed by atoms with E-state index in [-0.39, 0.29) is 24.6 Å². The number of hydrogen-bond donors (Lipinski definition) is 2. The number of carbonyl (C=O) groups excluding carboxylic acids is 2. The highest BCUT2D eigenvalue weighted by molar-refractivity contribution is 5.92. The van der Waals surface area contributed by atoms with Crippen molar-refractivity contribution in [2.75, 3.05) is 38.2 Å². The fourth-order valence-corrected chi connectivity index (χ4v) is 2.66. The van der Waals surface area contributed by atoms with Crippen LogP contribution in [0.4, 0.5) is 10.5 Å². The van der Waals surface area contributed by atoms with E-state index in [1.807, 2.05) is 25.7 Å². The lowest BCUT2D eigenvalue weighted by Crippen LogP contribution is -2.57. The van der Waals surface area contributed by atoms with Crippen molar-refractivity contribution in [2.24, 2.45) is 0 Å². The smallest absolute Gasteiger partial charge is 0.410 e. The van der Waals surface area contributed by atoms with Crippen LogP contribution in [-0.2, 0) is 4.74 Å². The number of rotatable bonds is 3. The van der Waals surface area contributed by atoms with Crippen molar-refractivity contribution >= 4 is 17.7 Å². The van der Waals surface area contributed by atoms with E-state index >= 15 is 0 Å². The lowest BCUT2D eigenvalue weighted by atomic mass is 10.1. The maximum Gasteiger partial charge on any atom is 0.410 e. The molecule has 2 rings (SSSR count). The van der Waals surface area contributed by atoms with Crippen LogP contribution in [0.25, 0.3) is 0 Å². The lowest BCUT2D eigenvalue weighted by molar-refractivity contribution is 0.0197. The predicted molar refractivity (Wildman–Crippen MR) is 93.7 cm³/mol. The molecule has 8 nitrogen and oxygen atoms in total. The maximum atomic E-state index is 12.2. The molecular weight excluding hydrogens is 324 g/mol. The molecule has 1 aromatic heterocycles. The van der Waals surface area contributed by atoms with Crippen molar-refractivity contribution in [3.05, 3.63) is 24.0 Å². The van der Waals surface area contributed by atoms with Crippen molar-refractivity contribution in [1.82, 2.24) is 15.2 Å². The molecule has 2 heterocycles. The van der Waals surface area contributed by atoms with Gasteiger partial charge in [-0.25, -0.2) is 9.78 Å². The van der Waals surface area contributed by atoms with Gasteiger partial charge in [0, 0.05) is 26.7 Å². The van der Waals surface area contributed by atoms with E-state index in [2.05, 4.69) is 10.3 Å². The van der Waals surface area contributed by atoms with Gasteiger partial charge >= 0.3 is 6.09 Å². The minimum Gasteiger partial charge on any atom is -0.444 e. The Hall–Kier alpha value is -2.35. The molecule has 2 N–H and O–H groups in total. The van der Waals surface area contributed by atoms with Crippen molar-refractivity contribution < 1.29 is 19.4 Å². The summed E-state index contributed by atoms with van der Waals surface area (Å²) in [6.45, 7) is 6.77. The van der Waals surface area contributed by atoms with Gasteiger partial charge in [-0.3, -0.25) is 4.79 Å². The summed E-state index contributed by atoms with van der Waals surface area (Å²) in [5.74, 6) is -0.250. The number of nitrogens with one attached hydrogen (secondary N) is 1. The summed E-state index contributed by atoms with van der Waals surface area (Å²) in [7, 11) is 1.55. The molecule has 1 fully saturated rings. The van der Waals surface area contributed by atoms with Crippen LogP contribution < -0.4 is 10.2 Å². The van der Waals surface area contributed by atoms with Crippen molar-refractivity contribution in [3.63, 3.8) is 0 Å². The molecular formula is C17H26N4O4. The number of pyridine rings is 1. The first kappa shape index (κ1) is 19.0. The highest BCUT2D eigenvalue weighted by Crippen LogP contribution is 2.21. The molecule has 1 saturated heterocycles. The number of carbonyl (C=O) groups is 2. The second-order valence-electron chi connectivity index (χ2n) is 6.94. The van der Waals surface area contributed by atoms with Gasteiger partial charge in [-0.05, 0) is 32.9 Å². The van der Waals surface area contributed by atoms with Crippen molar-refractivity contribution in [1.29, 1.82) is 0 Å². The molecule has 138 valence electrons. The zero-order chi connectivity index (χ0) is 18.6. The summed E-state index contributed by atoms with van der Waals surface area (Å²) in [5, 5.41) is 12.3. The number of aliphatic hydroxyl groups excluding tert-OH is 1. The monoisotopic (exact) mass is 350 g/mol. The van der Waals surface area contributed by atoms with Crippen LogP contribution in [-0.4, -0.2) is 71.9 Å². The Labute approximate surface area is 147 Å². The molecule has 25 heavy (non-hydrogen) atoms. The van der Waals surface area contributed by atoms with Crippen LogP contribution in [0.1, 0.15) is 31.3 Å². The summed E-state index contributed by atoms with van der Waals surface area (Å²) >= 11 is 0. The molecule has 1 atom stereocenters. The molecule has 1 aromatic rings. The average Bonchev–Trinajstić information content (AvgIpc) is 2.59. The molecule has 1 aliphatic heterocycles. The lowest BCUT2D eigenvalue weighted by Gasteiger charge is -2.42. The van der Waals surface area contributed by atoms with E-state index in [1.54, 1.807) is 30.3 Å². The second-order valence-corrected chi connectivity index (χ2v) is 6.94. The molecule has 1 aliphatic rings. The average molecular weight is 350 g/mol. The zero-order valence-electron chi connectivity index (χ0n) is 15.2. The fourth-order valence-electron chi connectivity index (χ4n) is 2.66. The zero-order valence-corrected chi connectivity index (χ0v) is 15.2. The molecule has 0 radical (unpaired) electrons. The quantitative estimate of drug-likeness (QED) is 0.840. The Morgan fingerprint density at radius 2 is 2.08 bits per heavy atom. The summed E-state index contributed by atoms with van der Waals surface area (Å²) in [4.78, 5) is 31.5. The molecule has 8 heteroatoms. The minimum atomic E-state index is -0.553. The van der Waals surface area contributed by atoms with Gasteiger partial charge in [-0.2, -0.15) is 0 Å². The topological polar surface area (TPSA) is 95.0 Å². The second kappa shape index (κ2) is 7.69. The van der Waals surface area contributed by atoms with Crippen molar-refractivity contribution in [2.45, 2.75) is 32.4 Å². The number of piperazine rings is 1. The van der Waals surface area contributed by atoms with Crippen LogP contribution in [0.3, 0.4) is 0 Å². The van der Waals surface area contributed by atoms with E-state index in [0.717, 1.165) is 5.69 Å². The number of anilines is 1. The summed E-state index contributed by atoms with van der Waals surface area (Å²) in [6, 6.07) is 3.18. The Morgan fingerprint density at radius 1 is 1.36 bits per heavy atom. The number of ether oxygens (including phenoxy) is 1. The van der Waals surface area contributed by atoms with E-state index in [0.29, 0.717) is 25.3 Å². The van der Waals surface area contributed by atoms with Gasteiger partial charge in [-0.1, -0.05) is 0 Å². The van der Waals surface area contributed by atoms with Crippen LogP contribution in [0.5, 0.6) is 0 Å². The van der Waals surface area contributed by atoms with Gasteiger partial charge < -0.3 is 25.0 Å². The number of aromatic nitrogens is 1. The van der Waals surface area contributed by atoms with E-state index < -0.39 is 5.60 Å². The van der Waals surface area contributed by atoms with Gasteiger partial charge in [0.05, 0.1) is 24.5 Å². The van der Waals surface area contributed by atoms with Crippen LogP contribution in [0.15, 0.2) is 18.3 Å². The van der Waals surface area contributed by atoms with Gasteiger partial charge in [0.1, 0.15) is 11.3 Å². The number of aliphatic hydroxyl groups is 1. The molecule has 2 amide bonds. The third-order valence-corrected chi connectivity index (χ3v) is 3.88. The van der Waals surface area contributed by atoms with Gasteiger partial charge in [-0.15, -0.1) is 0 Å². The summed E-state index contributed by atoms with van der Waals surface area (Å²) in [5.41, 5.74) is 0.581. The first-order valence-electron chi connectivity index (χ1n) is 8.28. The van der Waals surface area contributed by atoms with Crippen LogP contribution in [0, 0.1) is 0 Å². The van der Waals surface area contributed by atoms with Crippen LogP contribution >= 0.6 is 0 Å². The Balaban J connectivity index is 2.07. The Kier molecular flexibility index (Phi) is 5.84. The van der Waals surface area contributed by atoms with Crippen molar-refractivity contribution in [3.8, 4) is 0 Å². The first-order valence-corrected chi connectivity index (χ1v) is 8.28. The molecule has 0 aromatic carbocycles. The van der Waals surface area contributed by atoms with E-state index in [1.165, 1.54) is 0 Å². The maximum absolute atomic E-state index is 12.2. The minimum absolute atomic E-state index is 0.101. The standard InChI is InChI=1S/C17H26N4O4/c1-17(2,3)25-16(24)20-7-8-21(13(10-20)11-22)12-5-6-14(19-9-12)15(23)18-4/h5-6,9,13,22H,7-8,10-11H2,1-4H3,(H,18,23)/t13-/m1/s1. The largest absolute Gasteiger partial charge is 0.444 e. The fraction of sp³-hybridized carbons (Fsp3) is 0.588. The third kappa shape index (κ3) is 4.82. The van der Waals surface area contributed by atoms with Gasteiger partial charge in [0.2, 0.25) is 0 Å². The molecule has 0 unspecified atom stereocenters. The Morgan fingerprint density at radius 3 is 2.60 bits per heavy atom. The number of amides is 2. The summed E-state index contributed by atoms with van der Waals surface area (Å²) < 4.78 is 5.40. The van der Waals surface area contributed by atoms with E-state index in [9.17, 15) is 14.7 Å². The number of hydrogen-bond acceptors (Lipinski definition) is 6. The SMILES string of the molecule is CNC(=O)c1ccc(N2CCN(C(=O)OC(C)(C)C)C[C@@H]2CO)cn1. The molecule has 0 aliphatic carbocycles. The highest BCUT2D eigenvalue weighted by Gasteiger charge is 2.32. The van der Waals surface area contributed by atoms with E-state index in [4.69, 9.17) is 4.74 Å². The van der Waals surface area contributed by atoms with Gasteiger partial charge in [0.15, 0.2) is 0 Å².